The summed E-state index contributed by atoms with van der Waals surface area (Å²) in [5.74, 6) is 0.952. The van der Waals surface area contributed by atoms with Crippen molar-refractivity contribution >= 4 is 36.6 Å². The zero-order chi connectivity index (χ0) is 31.2. The molecule has 2 aromatic carbocycles. The third-order valence-electron chi connectivity index (χ3n) is 7.30. The molecular weight excluding hydrogens is 605 g/mol. The van der Waals surface area contributed by atoms with E-state index in [4.69, 9.17) is 9.15 Å². The van der Waals surface area contributed by atoms with Crippen LogP contribution in [0, 0.1) is 6.92 Å². The van der Waals surface area contributed by atoms with Gasteiger partial charge in [-0.1, -0.05) is 18.2 Å². The van der Waals surface area contributed by atoms with E-state index in [9.17, 15) is 16.8 Å². The summed E-state index contributed by atoms with van der Waals surface area (Å²) in [4.78, 5) is 11.3. The van der Waals surface area contributed by atoms with Crippen LogP contribution in [0.25, 0.3) is 33.5 Å². The van der Waals surface area contributed by atoms with Gasteiger partial charge in [-0.15, -0.1) is 0 Å². The summed E-state index contributed by atoms with van der Waals surface area (Å²) in [6, 6.07) is 13.2. The van der Waals surface area contributed by atoms with Gasteiger partial charge < -0.3 is 9.15 Å². The number of rotatable bonds is 8. The smallest absolute Gasteiger partial charge is 0.283 e. The molecule has 3 aromatic heterocycles. The van der Waals surface area contributed by atoms with Gasteiger partial charge in [-0.2, -0.15) is 17.6 Å². The van der Waals surface area contributed by atoms with Crippen LogP contribution in [0.4, 0.5) is 5.69 Å². The Morgan fingerprint density at radius 1 is 0.932 bits per heavy atom. The summed E-state index contributed by atoms with van der Waals surface area (Å²) >= 11 is 0. The highest BCUT2D eigenvalue weighted by Gasteiger charge is 2.26. The van der Waals surface area contributed by atoms with E-state index in [0.717, 1.165) is 23.4 Å². The largest absolute Gasteiger partial charge is 0.440 e. The molecule has 0 saturated carbocycles. The number of hydrogen-bond acceptors (Lipinski definition) is 10. The van der Waals surface area contributed by atoms with Crippen molar-refractivity contribution in [1.29, 1.82) is 0 Å². The molecule has 0 amide bonds. The lowest BCUT2D eigenvalue weighted by Gasteiger charge is -2.34. The molecule has 1 aliphatic heterocycles. The topological polar surface area (TPSA) is 150 Å². The Morgan fingerprint density at radius 3 is 2.36 bits per heavy atom. The number of ether oxygens (including phenoxy) is 1. The second-order valence-electron chi connectivity index (χ2n) is 11.1. The Balaban J connectivity index is 1.49. The van der Waals surface area contributed by atoms with Gasteiger partial charge in [0.1, 0.15) is 5.76 Å². The fourth-order valence-electron chi connectivity index (χ4n) is 5.46. The molecule has 230 valence electrons. The van der Waals surface area contributed by atoms with Gasteiger partial charge in [0.25, 0.3) is 10.0 Å². The molecule has 44 heavy (non-hydrogen) atoms. The van der Waals surface area contributed by atoms with Crippen LogP contribution in [0.1, 0.15) is 25.3 Å². The molecule has 12 nitrogen and oxygen atoms in total. The number of aryl methyl sites for hydroxylation is 1. The molecule has 5 aromatic rings. The minimum atomic E-state index is -4.05. The number of pyridine rings is 1. The Labute approximate surface area is 255 Å². The fourth-order valence-corrected chi connectivity index (χ4v) is 7.35. The summed E-state index contributed by atoms with van der Waals surface area (Å²) in [5.41, 5.74) is 2.75. The minimum absolute atomic E-state index is 0.0842. The summed E-state index contributed by atoms with van der Waals surface area (Å²) in [7, 11) is -7.62. The zero-order valence-corrected chi connectivity index (χ0v) is 26.3. The second-order valence-corrected chi connectivity index (χ2v) is 14.6. The SMILES string of the molecule is Cc1ncc(-c2cc(-c3ncc(CN4C[C@@H](C)O[C@@H](C)C4)o3)c3cnn(S(=O)(=O)c4ccccc4)c3c2)cc1NS(C)(=O)=O. The van der Waals surface area contributed by atoms with Gasteiger partial charge in [0.2, 0.25) is 15.9 Å². The van der Waals surface area contributed by atoms with E-state index in [1.807, 2.05) is 19.9 Å². The molecule has 0 aliphatic carbocycles. The number of morpholine rings is 1. The molecule has 1 saturated heterocycles. The number of aromatic nitrogens is 4. The first kappa shape index (κ1) is 29.9. The van der Waals surface area contributed by atoms with Crippen molar-refractivity contribution in [3.05, 3.63) is 78.6 Å². The number of fused-ring (bicyclic) bond motifs is 1. The van der Waals surface area contributed by atoms with Crippen molar-refractivity contribution in [3.63, 3.8) is 0 Å². The first-order valence-corrected chi connectivity index (χ1v) is 17.3. The lowest BCUT2D eigenvalue weighted by molar-refractivity contribution is -0.0718. The summed E-state index contributed by atoms with van der Waals surface area (Å²) in [6.07, 6.45) is 6.01. The third kappa shape index (κ3) is 6.11. The number of anilines is 1. The van der Waals surface area contributed by atoms with Crippen molar-refractivity contribution < 1.29 is 26.0 Å². The van der Waals surface area contributed by atoms with Crippen molar-refractivity contribution in [2.75, 3.05) is 24.1 Å². The van der Waals surface area contributed by atoms with Crippen LogP contribution < -0.4 is 4.72 Å². The predicted octanol–water partition coefficient (Wildman–Crippen LogP) is 4.28. The van der Waals surface area contributed by atoms with Crippen molar-refractivity contribution in [2.45, 2.75) is 44.4 Å². The highest BCUT2D eigenvalue weighted by atomic mass is 32.2. The summed E-state index contributed by atoms with van der Waals surface area (Å²) in [5, 5.41) is 4.81. The van der Waals surface area contributed by atoms with E-state index >= 15 is 0 Å². The van der Waals surface area contributed by atoms with E-state index in [1.165, 1.54) is 18.3 Å². The molecular formula is C30H32N6O6S2. The van der Waals surface area contributed by atoms with E-state index in [2.05, 4.69) is 24.7 Å². The van der Waals surface area contributed by atoms with Gasteiger partial charge in [-0.3, -0.25) is 14.6 Å². The molecule has 1 aliphatic rings. The number of oxazole rings is 1. The average molecular weight is 637 g/mol. The molecule has 14 heteroatoms. The molecule has 1 fully saturated rings. The van der Waals surface area contributed by atoms with E-state index in [0.29, 0.717) is 57.2 Å². The van der Waals surface area contributed by atoms with Gasteiger partial charge in [0.05, 0.1) is 59.2 Å². The first-order chi connectivity index (χ1) is 20.9. The van der Waals surface area contributed by atoms with Crippen LogP contribution >= 0.6 is 0 Å². The quantitative estimate of drug-likeness (QED) is 0.262. The summed E-state index contributed by atoms with van der Waals surface area (Å²) < 4.78 is 67.0. The van der Waals surface area contributed by atoms with E-state index in [1.54, 1.807) is 49.6 Å². The van der Waals surface area contributed by atoms with Crippen LogP contribution in [-0.2, 0) is 31.3 Å². The monoisotopic (exact) mass is 636 g/mol. The molecule has 0 spiro atoms. The fraction of sp³-hybridized carbons (Fsp3) is 0.300. The second kappa shape index (κ2) is 11.4. The Kier molecular flexibility index (Phi) is 7.78. The van der Waals surface area contributed by atoms with Crippen molar-refractivity contribution in [3.8, 4) is 22.6 Å². The average Bonchev–Trinajstić information content (AvgIpc) is 3.60. The van der Waals surface area contributed by atoms with Crippen LogP contribution in [0.15, 0.2) is 76.4 Å². The predicted molar refractivity (Wildman–Crippen MR) is 166 cm³/mol. The van der Waals surface area contributed by atoms with Crippen LogP contribution in [-0.4, -0.2) is 72.4 Å². The Bertz CT molecular complexity index is 2050. The van der Waals surface area contributed by atoms with Crippen molar-refractivity contribution in [2.24, 2.45) is 0 Å². The van der Waals surface area contributed by atoms with Crippen molar-refractivity contribution in [1.82, 2.24) is 24.1 Å². The highest BCUT2D eigenvalue weighted by Crippen LogP contribution is 2.36. The van der Waals surface area contributed by atoms with Gasteiger partial charge in [0.15, 0.2) is 0 Å². The third-order valence-corrected chi connectivity index (χ3v) is 9.50. The van der Waals surface area contributed by atoms with E-state index in [-0.39, 0.29) is 17.1 Å². The Hall–Kier alpha value is -4.11. The number of hydrogen-bond donors (Lipinski definition) is 1. The maximum atomic E-state index is 13.7. The first-order valence-electron chi connectivity index (χ1n) is 14.0. The number of nitrogens with one attached hydrogen (secondary N) is 1. The lowest BCUT2D eigenvalue weighted by Crippen LogP contribution is -2.44. The zero-order valence-electron chi connectivity index (χ0n) is 24.6. The molecule has 6 rings (SSSR count). The van der Waals surface area contributed by atoms with Gasteiger partial charge in [-0.05, 0) is 56.7 Å². The maximum Gasteiger partial charge on any atom is 0.283 e. The van der Waals surface area contributed by atoms with Gasteiger partial charge >= 0.3 is 0 Å². The van der Waals surface area contributed by atoms with Crippen LogP contribution in [0.3, 0.4) is 0 Å². The molecule has 0 unspecified atom stereocenters. The molecule has 2 atom stereocenters. The highest BCUT2D eigenvalue weighted by molar-refractivity contribution is 7.92. The maximum absolute atomic E-state index is 13.7. The standard InChI is InChI=1S/C30H32N6O6S2/c1-19-16-35(17-20(2)41-19)18-24-14-32-30(42-24)26-10-22(23-11-28(21(3)31-13-23)34-43(4,37)38)12-29-27(26)15-33-36(29)44(39,40)25-8-6-5-7-9-25/h5-15,19-20,34H,16-18H2,1-4H3/t19-,20+. The Morgan fingerprint density at radius 2 is 1.66 bits per heavy atom. The number of nitrogens with zero attached hydrogens (tertiary/aromatic N) is 5. The van der Waals surface area contributed by atoms with Gasteiger partial charge in [-0.25, -0.2) is 13.4 Å². The lowest BCUT2D eigenvalue weighted by atomic mass is 10.0. The molecule has 4 heterocycles. The molecule has 0 bridgehead atoms. The van der Waals surface area contributed by atoms with E-state index < -0.39 is 20.0 Å². The normalized spacial score (nSPS) is 18.1. The van der Waals surface area contributed by atoms with Gasteiger partial charge in [0, 0.05) is 35.8 Å². The number of benzene rings is 2. The minimum Gasteiger partial charge on any atom is -0.440 e. The van der Waals surface area contributed by atoms with Crippen LogP contribution in [0.5, 0.6) is 0 Å². The molecule has 0 radical (unpaired) electrons. The van der Waals surface area contributed by atoms with Crippen LogP contribution in [0.2, 0.25) is 0 Å². The summed E-state index contributed by atoms with van der Waals surface area (Å²) in [6.45, 7) is 7.82. The number of sulfonamides is 1. The molecule has 1 N–H and O–H groups in total.